The molecular formula is C19H21F11O2. The molecule has 13 heteroatoms. The molecule has 0 amide bonds. The third-order valence-electron chi connectivity index (χ3n) is 4.49. The highest BCUT2D eigenvalue weighted by Crippen LogP contribution is 2.59. The molecule has 32 heavy (non-hydrogen) atoms. The predicted octanol–water partition coefficient (Wildman–Crippen LogP) is 7.22. The van der Waals surface area contributed by atoms with Crippen molar-refractivity contribution in [3.05, 3.63) is 29.8 Å². The lowest BCUT2D eigenvalue weighted by atomic mass is 9.84. The smallest absolute Gasteiger partial charge is 0.460 e. The van der Waals surface area contributed by atoms with Gasteiger partial charge >= 0.3 is 29.9 Å². The van der Waals surface area contributed by atoms with E-state index in [1.807, 2.05) is 0 Å². The number of ether oxygens (including phenoxy) is 2. The Morgan fingerprint density at radius 1 is 0.688 bits per heavy atom. The van der Waals surface area contributed by atoms with E-state index in [0.29, 0.717) is 0 Å². The summed E-state index contributed by atoms with van der Waals surface area (Å²) in [5.74, 6) is -28.3. The Hall–Kier alpha value is -1.79. The van der Waals surface area contributed by atoms with Crippen molar-refractivity contribution in [2.24, 2.45) is 0 Å². The van der Waals surface area contributed by atoms with Crippen molar-refractivity contribution in [1.29, 1.82) is 0 Å². The Morgan fingerprint density at radius 3 is 1.56 bits per heavy atom. The zero-order valence-corrected chi connectivity index (χ0v) is 17.5. The van der Waals surface area contributed by atoms with Gasteiger partial charge in [0.25, 0.3) is 0 Å². The Balaban J connectivity index is 3.53. The van der Waals surface area contributed by atoms with Gasteiger partial charge in [0.05, 0.1) is 12.0 Å². The quantitative estimate of drug-likeness (QED) is 0.359. The summed E-state index contributed by atoms with van der Waals surface area (Å²) in [6.07, 6.45) is -9.59. The van der Waals surface area contributed by atoms with E-state index >= 15 is 0 Å². The van der Waals surface area contributed by atoms with E-state index in [1.54, 1.807) is 0 Å². The predicted molar refractivity (Wildman–Crippen MR) is 91.6 cm³/mol. The summed E-state index contributed by atoms with van der Waals surface area (Å²) in [4.78, 5) is 0. The van der Waals surface area contributed by atoms with Crippen molar-refractivity contribution >= 4 is 0 Å². The van der Waals surface area contributed by atoms with Gasteiger partial charge in [-0.2, -0.15) is 48.3 Å². The first-order valence-corrected chi connectivity index (χ1v) is 8.88. The summed E-state index contributed by atoms with van der Waals surface area (Å²) in [7, 11) is 0.741. The molecule has 1 atom stereocenters. The summed E-state index contributed by atoms with van der Waals surface area (Å²) in [6.45, 7) is 5.37. The maximum atomic E-state index is 14.4. The zero-order chi connectivity index (χ0) is 25.6. The molecular weight excluding hydrogens is 469 g/mol. The normalized spacial score (nSPS) is 16.6. The van der Waals surface area contributed by atoms with Crippen LogP contribution in [-0.2, 0) is 10.3 Å². The Morgan fingerprint density at radius 2 is 1.16 bits per heavy atom. The van der Waals surface area contributed by atoms with Crippen molar-refractivity contribution < 1.29 is 57.8 Å². The lowest BCUT2D eigenvalue weighted by Gasteiger charge is -2.41. The van der Waals surface area contributed by atoms with Gasteiger partial charge in [0, 0.05) is 12.7 Å². The molecule has 2 nitrogen and oxygen atoms in total. The molecule has 0 saturated carbocycles. The Bertz CT molecular complexity index is 797. The van der Waals surface area contributed by atoms with Crippen LogP contribution in [0.3, 0.4) is 0 Å². The van der Waals surface area contributed by atoms with Crippen LogP contribution >= 0.6 is 0 Å². The second-order valence-electron chi connectivity index (χ2n) is 8.25. The molecule has 0 aliphatic rings. The summed E-state index contributed by atoms with van der Waals surface area (Å²) < 4.78 is 157. The molecule has 0 aliphatic heterocycles. The van der Waals surface area contributed by atoms with E-state index in [9.17, 15) is 48.3 Å². The van der Waals surface area contributed by atoms with Crippen molar-refractivity contribution in [2.45, 2.75) is 75.2 Å². The van der Waals surface area contributed by atoms with Gasteiger partial charge in [-0.3, -0.25) is 0 Å². The van der Waals surface area contributed by atoms with Crippen molar-refractivity contribution in [1.82, 2.24) is 0 Å². The maximum absolute atomic E-state index is 14.4. The standard InChI is InChI=1S/C19H21F11O2/c1-13(2,3)32-12-9-7-6-8-11(12)14(4,31-5)10-15(20,21)16(22,23)17(24,25)18(26,27)19(28,29)30/h6-9H,10H2,1-5H3. The molecule has 0 saturated heterocycles. The van der Waals surface area contributed by atoms with Crippen LogP contribution in [0.1, 0.15) is 39.7 Å². The van der Waals surface area contributed by atoms with Crippen molar-refractivity contribution in [2.75, 3.05) is 7.11 Å². The first kappa shape index (κ1) is 28.2. The van der Waals surface area contributed by atoms with Gasteiger partial charge in [-0.25, -0.2) is 0 Å². The number of methoxy groups -OCH3 is 1. The Labute approximate surface area is 176 Å². The molecule has 0 radical (unpaired) electrons. The fourth-order valence-corrected chi connectivity index (χ4v) is 2.74. The minimum atomic E-state index is -7.47. The lowest BCUT2D eigenvalue weighted by molar-refractivity contribution is -0.424. The van der Waals surface area contributed by atoms with E-state index in [2.05, 4.69) is 0 Å². The molecule has 1 unspecified atom stereocenters. The van der Waals surface area contributed by atoms with Crippen LogP contribution in [0.25, 0.3) is 0 Å². The minimum absolute atomic E-state index is 0.184. The summed E-state index contributed by atoms with van der Waals surface area (Å²) in [6, 6.07) is 4.90. The molecule has 0 N–H and O–H groups in total. The fourth-order valence-electron chi connectivity index (χ4n) is 2.74. The van der Waals surface area contributed by atoms with Crippen molar-refractivity contribution in [3.63, 3.8) is 0 Å². The van der Waals surface area contributed by atoms with Gasteiger partial charge in [0.1, 0.15) is 11.4 Å². The van der Waals surface area contributed by atoms with Gasteiger partial charge in [-0.1, -0.05) is 18.2 Å². The topological polar surface area (TPSA) is 18.5 Å². The first-order valence-electron chi connectivity index (χ1n) is 8.88. The number of para-hydroxylation sites is 1. The summed E-state index contributed by atoms with van der Waals surface area (Å²) in [5.41, 5.74) is -3.85. The second kappa shape index (κ2) is 8.21. The molecule has 0 fully saturated rings. The molecule has 0 spiro atoms. The SMILES string of the molecule is COC(C)(CC(F)(F)C(F)(F)C(F)(F)C(F)(F)C(F)(F)F)c1ccccc1OC(C)(C)C. The summed E-state index contributed by atoms with van der Waals surface area (Å²) >= 11 is 0. The largest absolute Gasteiger partial charge is 0.488 e. The van der Waals surface area contributed by atoms with Gasteiger partial charge in [-0.05, 0) is 33.8 Å². The van der Waals surface area contributed by atoms with E-state index < -0.39 is 47.5 Å². The van der Waals surface area contributed by atoms with Crippen LogP contribution in [-0.4, -0.2) is 42.6 Å². The van der Waals surface area contributed by atoms with Gasteiger partial charge in [-0.15, -0.1) is 0 Å². The highest BCUT2D eigenvalue weighted by atomic mass is 19.4. The van der Waals surface area contributed by atoms with Gasteiger partial charge in [0.15, 0.2) is 0 Å². The van der Waals surface area contributed by atoms with Crippen LogP contribution in [0.15, 0.2) is 24.3 Å². The number of alkyl halides is 11. The van der Waals surface area contributed by atoms with Crippen LogP contribution in [0.5, 0.6) is 5.75 Å². The average molecular weight is 490 g/mol. The van der Waals surface area contributed by atoms with E-state index in [-0.39, 0.29) is 11.3 Å². The molecule has 186 valence electrons. The third-order valence-corrected chi connectivity index (χ3v) is 4.49. The van der Waals surface area contributed by atoms with Crippen molar-refractivity contribution in [3.8, 4) is 5.75 Å². The van der Waals surface area contributed by atoms with E-state index in [0.717, 1.165) is 20.1 Å². The van der Waals surface area contributed by atoms with Crippen LogP contribution in [0, 0.1) is 0 Å². The number of hydrogen-bond donors (Lipinski definition) is 0. The number of hydrogen-bond acceptors (Lipinski definition) is 2. The third kappa shape index (κ3) is 4.91. The molecule has 1 rings (SSSR count). The minimum Gasteiger partial charge on any atom is -0.488 e. The number of halogens is 11. The highest BCUT2D eigenvalue weighted by Gasteiger charge is 2.87. The second-order valence-corrected chi connectivity index (χ2v) is 8.25. The molecule has 0 bridgehead atoms. The molecule has 1 aromatic rings. The molecule has 0 heterocycles. The molecule has 0 aromatic heterocycles. The highest BCUT2D eigenvalue weighted by molar-refractivity contribution is 5.38. The monoisotopic (exact) mass is 490 g/mol. The van der Waals surface area contributed by atoms with Crippen LogP contribution in [0.4, 0.5) is 48.3 Å². The van der Waals surface area contributed by atoms with Crippen LogP contribution < -0.4 is 4.74 Å². The lowest BCUT2D eigenvalue weighted by Crippen LogP contribution is -2.67. The van der Waals surface area contributed by atoms with E-state index in [1.165, 1.54) is 39.0 Å². The first-order chi connectivity index (χ1) is 14.0. The average Bonchev–Trinajstić information content (AvgIpc) is 2.58. The van der Waals surface area contributed by atoms with Gasteiger partial charge < -0.3 is 9.47 Å². The fraction of sp³-hybridized carbons (Fsp3) is 0.684. The van der Waals surface area contributed by atoms with Crippen LogP contribution in [0.2, 0.25) is 0 Å². The number of benzene rings is 1. The maximum Gasteiger partial charge on any atom is 0.460 e. The Kier molecular flexibility index (Phi) is 7.25. The van der Waals surface area contributed by atoms with E-state index in [4.69, 9.17) is 9.47 Å². The molecule has 0 aliphatic carbocycles. The number of rotatable bonds is 8. The van der Waals surface area contributed by atoms with Gasteiger partial charge in [0.2, 0.25) is 0 Å². The molecule has 1 aromatic carbocycles. The summed E-state index contributed by atoms with van der Waals surface area (Å²) in [5, 5.41) is 0. The zero-order valence-electron chi connectivity index (χ0n) is 17.5.